The van der Waals surface area contributed by atoms with E-state index in [9.17, 15) is 26.0 Å². The first kappa shape index (κ1) is 26.6. The van der Waals surface area contributed by atoms with Crippen molar-refractivity contribution in [1.29, 1.82) is 0 Å². The molecule has 0 aromatic heterocycles. The molecule has 0 aromatic carbocycles. The molecule has 0 saturated heterocycles. The molecule has 0 bridgehead atoms. The highest BCUT2D eigenvalue weighted by molar-refractivity contribution is 7.86. The second-order valence-corrected chi connectivity index (χ2v) is 9.56. The summed E-state index contributed by atoms with van der Waals surface area (Å²) in [7, 11) is -5.25. The molecule has 0 aliphatic heterocycles. The van der Waals surface area contributed by atoms with Crippen LogP contribution in [0.4, 0.5) is 17.6 Å². The van der Waals surface area contributed by atoms with E-state index >= 15 is 0 Å². The van der Waals surface area contributed by atoms with Crippen LogP contribution in [-0.4, -0.2) is 55.6 Å². The minimum absolute atomic E-state index is 0.0566. The fraction of sp³-hybridized carbons (Fsp3) is 1.00. The second-order valence-electron chi connectivity index (χ2n) is 7.98. The molecule has 0 aromatic rings. The maximum Gasteiger partial charge on any atom is 0.273 e. The molecule has 4 atom stereocenters. The average molecular weight is 449 g/mol. The zero-order valence-corrected chi connectivity index (χ0v) is 18.1. The predicted octanol–water partition coefficient (Wildman–Crippen LogP) is 5.70. The first-order valence-electron chi connectivity index (χ1n) is 10.9. The van der Waals surface area contributed by atoms with Gasteiger partial charge in [-0.1, -0.05) is 77.6 Å². The van der Waals surface area contributed by atoms with Gasteiger partial charge in [0.05, 0.1) is 0 Å². The molecular formula is C20H36F4O4S. The Labute approximate surface area is 172 Å². The summed E-state index contributed by atoms with van der Waals surface area (Å²) in [5, 5.41) is -2.76. The molecular weight excluding hydrogens is 412 g/mol. The third kappa shape index (κ3) is 9.09. The topological polar surface area (TPSA) is 63.6 Å². The van der Waals surface area contributed by atoms with Gasteiger partial charge in [-0.2, -0.15) is 8.42 Å². The molecule has 0 spiro atoms. The molecule has 1 aliphatic rings. The molecule has 174 valence electrons. The first-order chi connectivity index (χ1) is 13.7. The summed E-state index contributed by atoms with van der Waals surface area (Å²) in [6.45, 7) is 2.14. The third-order valence-electron chi connectivity index (χ3n) is 5.52. The predicted molar refractivity (Wildman–Crippen MR) is 106 cm³/mol. The highest BCUT2D eigenvalue weighted by Crippen LogP contribution is 2.35. The lowest BCUT2D eigenvalue weighted by Gasteiger charge is -2.37. The molecule has 4 nitrogen and oxygen atoms in total. The lowest BCUT2D eigenvalue weighted by Crippen LogP contribution is -2.61. The van der Waals surface area contributed by atoms with Crippen molar-refractivity contribution in [1.82, 2.24) is 0 Å². The minimum Gasteiger partial charge on any atom is -0.372 e. The zero-order chi connectivity index (χ0) is 21.9. The van der Waals surface area contributed by atoms with Crippen molar-refractivity contribution in [3.8, 4) is 0 Å². The lowest BCUT2D eigenvalue weighted by molar-refractivity contribution is -0.119. The van der Waals surface area contributed by atoms with E-state index in [2.05, 4.69) is 6.92 Å². The Kier molecular flexibility index (Phi) is 12.7. The SMILES string of the molecule is CCCCCCCCCCCCCCOC1C(F)C(F)C(S(=O)(=O)O)C(F)C1F. The van der Waals surface area contributed by atoms with Gasteiger partial charge in [0.2, 0.25) is 0 Å². The summed E-state index contributed by atoms with van der Waals surface area (Å²) in [5.41, 5.74) is 0. The van der Waals surface area contributed by atoms with Gasteiger partial charge in [0.25, 0.3) is 10.1 Å². The van der Waals surface area contributed by atoms with Crippen molar-refractivity contribution in [3.63, 3.8) is 0 Å². The van der Waals surface area contributed by atoms with E-state index < -0.39 is 46.2 Å². The largest absolute Gasteiger partial charge is 0.372 e. The van der Waals surface area contributed by atoms with Crippen LogP contribution in [0.2, 0.25) is 0 Å². The Morgan fingerprint density at radius 2 is 1.07 bits per heavy atom. The van der Waals surface area contributed by atoms with Crippen LogP contribution >= 0.6 is 0 Å². The third-order valence-corrected chi connectivity index (χ3v) is 6.72. The minimum atomic E-state index is -5.25. The number of hydrogen-bond donors (Lipinski definition) is 1. The summed E-state index contributed by atoms with van der Waals surface area (Å²) >= 11 is 0. The second kappa shape index (κ2) is 13.8. The lowest BCUT2D eigenvalue weighted by atomic mass is 9.90. The molecule has 1 N–H and O–H groups in total. The number of hydrogen-bond acceptors (Lipinski definition) is 3. The van der Waals surface area contributed by atoms with E-state index in [4.69, 9.17) is 9.29 Å². The molecule has 9 heteroatoms. The van der Waals surface area contributed by atoms with Crippen molar-refractivity contribution in [3.05, 3.63) is 0 Å². The van der Waals surface area contributed by atoms with Crippen molar-refractivity contribution in [2.45, 2.75) is 120 Å². The molecule has 0 heterocycles. The summed E-state index contributed by atoms with van der Waals surface area (Å²) in [5.74, 6) is 0. The quantitative estimate of drug-likeness (QED) is 0.198. The molecule has 1 rings (SSSR count). The van der Waals surface area contributed by atoms with E-state index in [1.165, 1.54) is 44.9 Å². The van der Waals surface area contributed by atoms with Crippen LogP contribution in [-0.2, 0) is 14.9 Å². The first-order valence-corrected chi connectivity index (χ1v) is 12.4. The number of alkyl halides is 4. The fourth-order valence-electron chi connectivity index (χ4n) is 3.75. The van der Waals surface area contributed by atoms with Gasteiger partial charge in [-0.05, 0) is 6.42 Å². The summed E-state index contributed by atoms with van der Waals surface area (Å²) in [6, 6.07) is 0. The Hall–Kier alpha value is -0.410. The van der Waals surface area contributed by atoms with Crippen LogP contribution in [0.15, 0.2) is 0 Å². The van der Waals surface area contributed by atoms with Crippen molar-refractivity contribution >= 4 is 10.1 Å². The number of halogens is 4. The number of ether oxygens (including phenoxy) is 1. The smallest absolute Gasteiger partial charge is 0.273 e. The van der Waals surface area contributed by atoms with E-state index in [1.54, 1.807) is 0 Å². The summed E-state index contributed by atoms with van der Waals surface area (Å²) in [6.07, 6.45) is 0.221. The number of rotatable bonds is 15. The Morgan fingerprint density at radius 3 is 1.45 bits per heavy atom. The van der Waals surface area contributed by atoms with E-state index in [0.29, 0.717) is 6.42 Å². The maximum absolute atomic E-state index is 14.0. The van der Waals surface area contributed by atoms with Gasteiger partial charge in [0, 0.05) is 6.61 Å². The fourth-order valence-corrected chi connectivity index (χ4v) is 4.71. The monoisotopic (exact) mass is 448 g/mol. The highest BCUT2D eigenvalue weighted by Gasteiger charge is 2.58. The van der Waals surface area contributed by atoms with Gasteiger partial charge in [0.1, 0.15) is 6.10 Å². The highest BCUT2D eigenvalue weighted by atomic mass is 32.2. The molecule has 1 fully saturated rings. The van der Waals surface area contributed by atoms with E-state index in [1.807, 2.05) is 0 Å². The van der Waals surface area contributed by atoms with Gasteiger partial charge < -0.3 is 4.74 Å². The van der Waals surface area contributed by atoms with Gasteiger partial charge in [-0.15, -0.1) is 0 Å². The normalized spacial score (nSPS) is 30.6. The zero-order valence-electron chi connectivity index (χ0n) is 17.2. The van der Waals surface area contributed by atoms with E-state index in [0.717, 1.165) is 25.7 Å². The van der Waals surface area contributed by atoms with Crippen molar-refractivity contribution < 1.29 is 35.3 Å². The number of unbranched alkanes of at least 4 members (excludes halogenated alkanes) is 11. The van der Waals surface area contributed by atoms with Crippen LogP contribution in [0.3, 0.4) is 0 Å². The van der Waals surface area contributed by atoms with Crippen LogP contribution in [0, 0.1) is 0 Å². The van der Waals surface area contributed by atoms with Crippen molar-refractivity contribution in [2.24, 2.45) is 0 Å². The van der Waals surface area contributed by atoms with Crippen LogP contribution in [0.5, 0.6) is 0 Å². The molecule has 1 aliphatic carbocycles. The van der Waals surface area contributed by atoms with E-state index in [-0.39, 0.29) is 6.61 Å². The molecule has 0 amide bonds. The molecule has 29 heavy (non-hydrogen) atoms. The van der Waals surface area contributed by atoms with Crippen LogP contribution in [0.1, 0.15) is 84.0 Å². The summed E-state index contributed by atoms with van der Waals surface area (Å²) < 4.78 is 91.6. The van der Waals surface area contributed by atoms with Crippen LogP contribution < -0.4 is 0 Å². The van der Waals surface area contributed by atoms with Gasteiger partial charge >= 0.3 is 0 Å². The van der Waals surface area contributed by atoms with Crippen LogP contribution in [0.25, 0.3) is 0 Å². The Bertz CT molecular complexity index is 519. The Balaban J connectivity index is 2.15. The average Bonchev–Trinajstić information content (AvgIpc) is 2.65. The van der Waals surface area contributed by atoms with Crippen molar-refractivity contribution in [2.75, 3.05) is 6.61 Å². The molecule has 0 radical (unpaired) electrons. The molecule has 4 unspecified atom stereocenters. The van der Waals surface area contributed by atoms with Gasteiger partial charge in [-0.25, -0.2) is 17.6 Å². The van der Waals surface area contributed by atoms with Gasteiger partial charge in [-0.3, -0.25) is 4.55 Å². The standard InChI is InChI=1S/C20H36F4O4S/c1-2-3-4-5-6-7-8-9-10-11-12-13-14-28-19-15(21)17(23)20(29(25,26)27)18(24)16(19)22/h15-20H,2-14H2,1H3,(H,25,26,27). The maximum atomic E-state index is 14.0. The Morgan fingerprint density at radius 1 is 0.690 bits per heavy atom. The summed E-state index contributed by atoms with van der Waals surface area (Å²) in [4.78, 5) is 0. The molecule has 1 saturated carbocycles. The van der Waals surface area contributed by atoms with Gasteiger partial charge in [0.15, 0.2) is 29.9 Å².